The van der Waals surface area contributed by atoms with Crippen LogP contribution in [0.2, 0.25) is 0 Å². The molecule has 5 rings (SSSR count). The molecule has 0 N–H and O–H groups in total. The molecule has 1 aromatic carbocycles. The molecule has 128 valence electrons. The second-order valence-corrected chi connectivity index (χ2v) is 8.61. The molecule has 2 aliphatic heterocycles. The third-order valence-corrected chi connectivity index (χ3v) is 7.60. The van der Waals surface area contributed by atoms with E-state index < -0.39 is 5.85 Å². The van der Waals surface area contributed by atoms with E-state index in [9.17, 15) is 0 Å². The van der Waals surface area contributed by atoms with Crippen molar-refractivity contribution >= 4 is 5.90 Å². The Hall–Kier alpha value is -1.39. The van der Waals surface area contributed by atoms with E-state index in [2.05, 4.69) is 32.8 Å². The number of hydrogen-bond donors (Lipinski definition) is 0. The van der Waals surface area contributed by atoms with E-state index in [0.29, 0.717) is 17.9 Å². The van der Waals surface area contributed by atoms with Crippen LogP contribution in [-0.2, 0) is 9.57 Å². The smallest absolute Gasteiger partial charge is 0.253 e. The molecule has 5 atom stereocenters. The van der Waals surface area contributed by atoms with E-state index in [1.165, 1.54) is 12.8 Å². The number of hydrogen-bond acceptors (Lipinski definition) is 4. The highest BCUT2D eigenvalue weighted by Crippen LogP contribution is 2.70. The van der Waals surface area contributed by atoms with Gasteiger partial charge in [-0.3, -0.25) is 0 Å². The fourth-order valence-corrected chi connectivity index (χ4v) is 5.73. The zero-order valence-corrected chi connectivity index (χ0v) is 15.0. The van der Waals surface area contributed by atoms with Crippen molar-refractivity contribution in [2.45, 2.75) is 65.0 Å². The van der Waals surface area contributed by atoms with Gasteiger partial charge in [-0.1, -0.05) is 51.0 Å². The molecule has 2 saturated carbocycles. The van der Waals surface area contributed by atoms with Gasteiger partial charge in [0.1, 0.15) is 0 Å². The quantitative estimate of drug-likeness (QED) is 0.825. The van der Waals surface area contributed by atoms with E-state index in [1.54, 1.807) is 0 Å². The molecule has 2 bridgehead atoms. The highest BCUT2D eigenvalue weighted by Gasteiger charge is 2.75. The highest BCUT2D eigenvalue weighted by molar-refractivity contribution is 5.95. The van der Waals surface area contributed by atoms with Gasteiger partial charge in [0.25, 0.3) is 5.85 Å². The van der Waals surface area contributed by atoms with Gasteiger partial charge in [-0.05, 0) is 36.3 Å². The van der Waals surface area contributed by atoms with Crippen LogP contribution in [-0.4, -0.2) is 29.0 Å². The van der Waals surface area contributed by atoms with Crippen LogP contribution in [0.4, 0.5) is 0 Å². The molecule has 24 heavy (non-hydrogen) atoms. The summed E-state index contributed by atoms with van der Waals surface area (Å²) in [5, 5.41) is 2.11. The number of fused-ring (bicyclic) bond motifs is 7. The van der Waals surface area contributed by atoms with Crippen LogP contribution >= 0.6 is 0 Å². The van der Waals surface area contributed by atoms with Crippen LogP contribution in [0.25, 0.3) is 0 Å². The molecule has 4 unspecified atom stereocenters. The van der Waals surface area contributed by atoms with Gasteiger partial charge in [0.05, 0.1) is 12.1 Å². The van der Waals surface area contributed by atoms with Gasteiger partial charge < -0.3 is 9.57 Å². The lowest BCUT2D eigenvalue weighted by atomic mass is 9.70. The van der Waals surface area contributed by atoms with Gasteiger partial charge in [-0.15, -0.1) is 0 Å². The maximum atomic E-state index is 6.68. The summed E-state index contributed by atoms with van der Waals surface area (Å²) in [5.41, 5.74) is 1.51. The van der Waals surface area contributed by atoms with Crippen molar-refractivity contribution in [1.29, 1.82) is 0 Å². The first-order chi connectivity index (χ1) is 11.4. The molecular formula is C20H26N2O2. The fourth-order valence-electron chi connectivity index (χ4n) is 5.73. The number of aliphatic imine (C=N–C) groups is 1. The Balaban J connectivity index is 1.56. The zero-order valence-electron chi connectivity index (χ0n) is 15.0. The summed E-state index contributed by atoms with van der Waals surface area (Å²) < 4.78 is 6.68. The summed E-state index contributed by atoms with van der Waals surface area (Å²) in [6.45, 7) is 9.37. The Kier molecular flexibility index (Phi) is 2.74. The average molecular weight is 326 g/mol. The van der Waals surface area contributed by atoms with Gasteiger partial charge >= 0.3 is 0 Å². The molecule has 0 aromatic heterocycles. The predicted molar refractivity (Wildman–Crippen MR) is 92.2 cm³/mol. The van der Waals surface area contributed by atoms with E-state index in [0.717, 1.165) is 12.0 Å². The lowest BCUT2D eigenvalue weighted by Crippen LogP contribution is -2.46. The number of benzene rings is 1. The first kappa shape index (κ1) is 14.9. The lowest BCUT2D eigenvalue weighted by Gasteiger charge is -2.39. The van der Waals surface area contributed by atoms with Crippen LogP contribution in [0, 0.1) is 16.7 Å². The standard InChI is InChI=1S/C20H26N2O2/c1-5-20-21-17(13-9-7-6-8-10-13)24-22(20)15-14-11-12-19(4,16(15)23-20)18(14,2)3/h6-10,14-16H,5,11-12H2,1-4H3/t14?,15?,16?,19?,20-/m0/s1. The topological polar surface area (TPSA) is 34.1 Å². The monoisotopic (exact) mass is 326 g/mol. The second kappa shape index (κ2) is 4.41. The molecule has 2 aliphatic carbocycles. The molecule has 0 radical (unpaired) electrons. The third-order valence-electron chi connectivity index (χ3n) is 7.60. The Labute approximate surface area is 143 Å². The number of rotatable bonds is 2. The summed E-state index contributed by atoms with van der Waals surface area (Å²) in [6, 6.07) is 10.5. The molecule has 2 heterocycles. The zero-order chi connectivity index (χ0) is 16.7. The van der Waals surface area contributed by atoms with Crippen LogP contribution in [0.3, 0.4) is 0 Å². The first-order valence-electron chi connectivity index (χ1n) is 9.23. The van der Waals surface area contributed by atoms with E-state index >= 15 is 0 Å². The van der Waals surface area contributed by atoms with Crippen molar-refractivity contribution in [2.24, 2.45) is 21.7 Å². The number of hydroxylamine groups is 2. The molecule has 3 fully saturated rings. The van der Waals surface area contributed by atoms with Crippen LogP contribution < -0.4 is 0 Å². The maximum absolute atomic E-state index is 6.68. The molecular weight excluding hydrogens is 300 g/mol. The minimum absolute atomic E-state index is 0.209. The van der Waals surface area contributed by atoms with Gasteiger partial charge in [0.2, 0.25) is 5.90 Å². The molecule has 4 nitrogen and oxygen atoms in total. The molecule has 1 aromatic rings. The predicted octanol–water partition coefficient (Wildman–Crippen LogP) is 3.97. The molecule has 0 amide bonds. The summed E-state index contributed by atoms with van der Waals surface area (Å²) in [5.74, 6) is 0.661. The summed E-state index contributed by atoms with van der Waals surface area (Å²) >= 11 is 0. The van der Waals surface area contributed by atoms with Crippen molar-refractivity contribution in [1.82, 2.24) is 5.06 Å². The van der Waals surface area contributed by atoms with E-state index in [4.69, 9.17) is 14.6 Å². The Morgan fingerprint density at radius 2 is 1.96 bits per heavy atom. The third kappa shape index (κ3) is 1.50. The summed E-state index contributed by atoms with van der Waals surface area (Å²) in [7, 11) is 0. The number of nitrogens with zero attached hydrogens (tertiary/aromatic N) is 2. The van der Waals surface area contributed by atoms with Crippen molar-refractivity contribution < 1.29 is 9.57 Å². The summed E-state index contributed by atoms with van der Waals surface area (Å²) in [6.07, 6.45) is 3.52. The average Bonchev–Trinajstić information content (AvgIpc) is 3.20. The number of ether oxygens (including phenoxy) is 1. The van der Waals surface area contributed by atoms with Gasteiger partial charge in [0, 0.05) is 17.4 Å². The van der Waals surface area contributed by atoms with Crippen molar-refractivity contribution in [2.75, 3.05) is 0 Å². The molecule has 4 heteroatoms. The van der Waals surface area contributed by atoms with Crippen LogP contribution in [0.5, 0.6) is 0 Å². The van der Waals surface area contributed by atoms with Gasteiger partial charge in [-0.2, -0.15) is 4.99 Å². The lowest BCUT2D eigenvalue weighted by molar-refractivity contribution is -0.216. The Bertz CT molecular complexity index is 716. The SMILES string of the molecule is CC[C@]12N=C(c3ccccc3)ON1C1C3CCC(C)(C1O2)C3(C)C. The first-order valence-corrected chi connectivity index (χ1v) is 9.23. The van der Waals surface area contributed by atoms with Crippen LogP contribution in [0.1, 0.15) is 52.5 Å². The maximum Gasteiger partial charge on any atom is 0.253 e. The molecule has 0 spiro atoms. The largest absolute Gasteiger partial charge is 0.380 e. The minimum atomic E-state index is -0.638. The summed E-state index contributed by atoms with van der Waals surface area (Å²) in [4.78, 5) is 11.3. The van der Waals surface area contributed by atoms with Gasteiger partial charge in [-0.25, -0.2) is 0 Å². The normalized spacial score (nSPS) is 45.0. The Morgan fingerprint density at radius 3 is 2.67 bits per heavy atom. The minimum Gasteiger partial charge on any atom is -0.380 e. The van der Waals surface area contributed by atoms with E-state index in [1.807, 2.05) is 30.3 Å². The highest BCUT2D eigenvalue weighted by atomic mass is 16.8. The fraction of sp³-hybridized carbons (Fsp3) is 0.650. The van der Waals surface area contributed by atoms with Crippen molar-refractivity contribution in [3.63, 3.8) is 0 Å². The molecule has 4 aliphatic rings. The Morgan fingerprint density at radius 1 is 1.21 bits per heavy atom. The van der Waals surface area contributed by atoms with Crippen LogP contribution in [0.15, 0.2) is 35.3 Å². The van der Waals surface area contributed by atoms with E-state index in [-0.39, 0.29) is 16.9 Å². The molecule has 1 saturated heterocycles. The van der Waals surface area contributed by atoms with Crippen molar-refractivity contribution in [3.8, 4) is 0 Å². The second-order valence-electron chi connectivity index (χ2n) is 8.61. The van der Waals surface area contributed by atoms with Crippen molar-refractivity contribution in [3.05, 3.63) is 35.9 Å². The van der Waals surface area contributed by atoms with Gasteiger partial charge in [0.15, 0.2) is 0 Å².